The van der Waals surface area contributed by atoms with Crippen LogP contribution in [0.25, 0.3) is 0 Å². The van der Waals surface area contributed by atoms with Crippen LogP contribution < -0.4 is 15.4 Å². The molecule has 1 unspecified atom stereocenters. The third-order valence-corrected chi connectivity index (χ3v) is 3.90. The quantitative estimate of drug-likeness (QED) is 0.745. The largest absolute Gasteiger partial charge is 0.481 e. The Labute approximate surface area is 160 Å². The van der Waals surface area contributed by atoms with Crippen LogP contribution in [0.15, 0.2) is 48.5 Å². The van der Waals surface area contributed by atoms with E-state index in [0.717, 1.165) is 5.56 Å². The minimum absolute atomic E-state index is 0.0325. The molecule has 2 amide bonds. The van der Waals surface area contributed by atoms with Crippen molar-refractivity contribution in [2.45, 2.75) is 39.0 Å². The molecule has 0 aliphatic heterocycles. The number of benzene rings is 2. The third kappa shape index (κ3) is 6.00. The standard InChI is InChI=1S/C20H21F3N2O3/c1-12(2)14-4-10-17(11-5-14)28-13(3)18(26)24-15-6-8-16(9-7-15)25-19(27)20(21,22)23/h4-13H,1-3H3,(H,24,26)(H,25,27). The molecule has 0 aliphatic rings. The topological polar surface area (TPSA) is 67.4 Å². The molecule has 5 nitrogen and oxygen atoms in total. The Morgan fingerprint density at radius 2 is 1.36 bits per heavy atom. The minimum atomic E-state index is -4.97. The van der Waals surface area contributed by atoms with E-state index in [1.165, 1.54) is 24.3 Å². The fourth-order valence-corrected chi connectivity index (χ4v) is 2.27. The number of alkyl halides is 3. The second-order valence-corrected chi connectivity index (χ2v) is 6.50. The van der Waals surface area contributed by atoms with Crippen LogP contribution in [0.3, 0.4) is 0 Å². The molecule has 0 aliphatic carbocycles. The van der Waals surface area contributed by atoms with Crippen LogP contribution in [0.1, 0.15) is 32.3 Å². The van der Waals surface area contributed by atoms with Crippen LogP contribution in [0.5, 0.6) is 5.75 Å². The zero-order valence-corrected chi connectivity index (χ0v) is 15.6. The molecule has 0 heterocycles. The van der Waals surface area contributed by atoms with Crippen molar-refractivity contribution in [3.05, 3.63) is 54.1 Å². The number of carbonyl (C=O) groups excluding carboxylic acids is 2. The molecule has 2 N–H and O–H groups in total. The smallest absolute Gasteiger partial charge is 0.471 e. The number of hydrogen-bond donors (Lipinski definition) is 2. The normalized spacial score (nSPS) is 12.4. The lowest BCUT2D eigenvalue weighted by atomic mass is 10.0. The van der Waals surface area contributed by atoms with E-state index in [-0.39, 0.29) is 5.69 Å². The Balaban J connectivity index is 1.91. The van der Waals surface area contributed by atoms with E-state index >= 15 is 0 Å². The maximum absolute atomic E-state index is 12.2. The highest BCUT2D eigenvalue weighted by atomic mass is 19.4. The van der Waals surface area contributed by atoms with Gasteiger partial charge in [-0.3, -0.25) is 9.59 Å². The number of hydrogen-bond acceptors (Lipinski definition) is 3. The van der Waals surface area contributed by atoms with Crippen molar-refractivity contribution in [3.63, 3.8) is 0 Å². The monoisotopic (exact) mass is 394 g/mol. The highest BCUT2D eigenvalue weighted by molar-refractivity contribution is 5.96. The SMILES string of the molecule is CC(Oc1ccc(C(C)C)cc1)C(=O)Nc1ccc(NC(=O)C(F)(F)F)cc1. The number of halogens is 3. The van der Waals surface area contributed by atoms with Crippen molar-refractivity contribution in [1.29, 1.82) is 0 Å². The van der Waals surface area contributed by atoms with E-state index in [9.17, 15) is 22.8 Å². The second-order valence-electron chi connectivity index (χ2n) is 6.50. The first kappa shape index (κ1) is 21.3. The molecule has 28 heavy (non-hydrogen) atoms. The molecule has 0 spiro atoms. The summed E-state index contributed by atoms with van der Waals surface area (Å²) >= 11 is 0. The summed E-state index contributed by atoms with van der Waals surface area (Å²) in [4.78, 5) is 23.1. The molecule has 2 aromatic carbocycles. The average molecular weight is 394 g/mol. The maximum atomic E-state index is 12.2. The van der Waals surface area contributed by atoms with Crippen LogP contribution in [0.2, 0.25) is 0 Å². The van der Waals surface area contributed by atoms with Crippen LogP contribution in [-0.4, -0.2) is 24.1 Å². The molecule has 150 valence electrons. The lowest BCUT2D eigenvalue weighted by molar-refractivity contribution is -0.167. The van der Waals surface area contributed by atoms with Crippen LogP contribution in [-0.2, 0) is 9.59 Å². The van der Waals surface area contributed by atoms with E-state index < -0.39 is 24.1 Å². The zero-order valence-electron chi connectivity index (χ0n) is 15.6. The molecule has 0 saturated heterocycles. The minimum Gasteiger partial charge on any atom is -0.481 e. The summed E-state index contributed by atoms with van der Waals surface area (Å²) in [5.74, 6) is -1.54. The molecule has 0 fully saturated rings. The van der Waals surface area contributed by atoms with E-state index in [4.69, 9.17) is 4.74 Å². The summed E-state index contributed by atoms with van der Waals surface area (Å²) in [5, 5.41) is 4.33. The third-order valence-electron chi connectivity index (χ3n) is 3.90. The molecular formula is C20H21F3N2O3. The van der Waals surface area contributed by atoms with Gasteiger partial charge in [-0.05, 0) is 54.8 Å². The van der Waals surface area contributed by atoms with Gasteiger partial charge < -0.3 is 15.4 Å². The van der Waals surface area contributed by atoms with E-state index in [2.05, 4.69) is 19.2 Å². The van der Waals surface area contributed by atoms with Gasteiger partial charge >= 0.3 is 12.1 Å². The van der Waals surface area contributed by atoms with Gasteiger partial charge in [-0.25, -0.2) is 0 Å². The summed E-state index contributed by atoms with van der Waals surface area (Å²) < 4.78 is 42.3. The molecule has 2 aromatic rings. The lowest BCUT2D eigenvalue weighted by Crippen LogP contribution is -2.30. The van der Waals surface area contributed by atoms with Gasteiger partial charge in [0, 0.05) is 11.4 Å². The van der Waals surface area contributed by atoms with Crippen molar-refractivity contribution in [2.24, 2.45) is 0 Å². The second kappa shape index (κ2) is 8.77. The Morgan fingerprint density at radius 3 is 1.82 bits per heavy atom. The number of amides is 2. The number of carbonyl (C=O) groups is 2. The highest BCUT2D eigenvalue weighted by Crippen LogP contribution is 2.21. The Morgan fingerprint density at radius 1 is 0.857 bits per heavy atom. The van der Waals surface area contributed by atoms with Crippen LogP contribution in [0, 0.1) is 0 Å². The van der Waals surface area contributed by atoms with Crippen molar-refractivity contribution in [3.8, 4) is 5.75 Å². The number of anilines is 2. The van der Waals surface area contributed by atoms with Gasteiger partial charge in [0.25, 0.3) is 5.91 Å². The number of rotatable bonds is 6. The molecule has 0 radical (unpaired) electrons. The van der Waals surface area contributed by atoms with Crippen molar-refractivity contribution in [2.75, 3.05) is 10.6 Å². The van der Waals surface area contributed by atoms with Gasteiger partial charge in [0.1, 0.15) is 5.75 Å². The molecule has 0 bridgehead atoms. The Kier molecular flexibility index (Phi) is 6.66. The summed E-state index contributed by atoms with van der Waals surface area (Å²) in [6.45, 7) is 5.74. The van der Waals surface area contributed by atoms with Gasteiger partial charge in [0.15, 0.2) is 6.10 Å². The predicted octanol–water partition coefficient (Wildman–Crippen LogP) is 4.72. The highest BCUT2D eigenvalue weighted by Gasteiger charge is 2.38. The average Bonchev–Trinajstić information content (AvgIpc) is 2.62. The number of nitrogens with one attached hydrogen (secondary N) is 2. The molecular weight excluding hydrogens is 373 g/mol. The van der Waals surface area contributed by atoms with Gasteiger partial charge in [0.2, 0.25) is 0 Å². The lowest BCUT2D eigenvalue weighted by Gasteiger charge is -2.16. The summed E-state index contributed by atoms with van der Waals surface area (Å²) in [6.07, 6.45) is -5.75. The number of ether oxygens (including phenoxy) is 1. The van der Waals surface area contributed by atoms with Gasteiger partial charge in [0.05, 0.1) is 0 Å². The van der Waals surface area contributed by atoms with E-state index in [0.29, 0.717) is 17.4 Å². The van der Waals surface area contributed by atoms with Crippen molar-refractivity contribution in [1.82, 2.24) is 0 Å². The molecule has 2 rings (SSSR count). The fourth-order valence-electron chi connectivity index (χ4n) is 2.27. The van der Waals surface area contributed by atoms with Crippen molar-refractivity contribution >= 4 is 23.2 Å². The first-order valence-electron chi connectivity index (χ1n) is 8.62. The van der Waals surface area contributed by atoms with Crippen LogP contribution >= 0.6 is 0 Å². The van der Waals surface area contributed by atoms with Gasteiger partial charge in [-0.15, -0.1) is 0 Å². The molecule has 1 atom stereocenters. The molecule has 8 heteroatoms. The summed E-state index contributed by atoms with van der Waals surface area (Å²) in [5.41, 5.74) is 1.48. The van der Waals surface area contributed by atoms with Gasteiger partial charge in [-0.2, -0.15) is 13.2 Å². The summed E-state index contributed by atoms with van der Waals surface area (Å²) in [6, 6.07) is 12.7. The van der Waals surface area contributed by atoms with Gasteiger partial charge in [-0.1, -0.05) is 26.0 Å². The van der Waals surface area contributed by atoms with Crippen LogP contribution in [0.4, 0.5) is 24.5 Å². The van der Waals surface area contributed by atoms with Crippen molar-refractivity contribution < 1.29 is 27.5 Å². The maximum Gasteiger partial charge on any atom is 0.471 e. The zero-order chi connectivity index (χ0) is 20.9. The Bertz CT molecular complexity index is 816. The first-order valence-corrected chi connectivity index (χ1v) is 8.62. The fraction of sp³-hybridized carbons (Fsp3) is 0.300. The first-order chi connectivity index (χ1) is 13.1. The summed E-state index contributed by atoms with van der Waals surface area (Å²) in [7, 11) is 0. The van der Waals surface area contributed by atoms with E-state index in [1.54, 1.807) is 24.4 Å². The molecule has 0 saturated carbocycles. The van der Waals surface area contributed by atoms with E-state index in [1.807, 2.05) is 12.1 Å². The predicted molar refractivity (Wildman–Crippen MR) is 100 cm³/mol. The Hall–Kier alpha value is -3.03. The molecule has 0 aromatic heterocycles.